The van der Waals surface area contributed by atoms with E-state index in [1.54, 1.807) is 13.1 Å². The highest BCUT2D eigenvalue weighted by atomic mass is 19.3. The predicted molar refractivity (Wildman–Crippen MR) is 79.7 cm³/mol. The fourth-order valence-electron chi connectivity index (χ4n) is 2.29. The topological polar surface area (TPSA) is 62.7 Å². The van der Waals surface area contributed by atoms with Crippen LogP contribution in [0.4, 0.5) is 18.9 Å². The molecule has 3 rings (SSSR count). The van der Waals surface area contributed by atoms with Gasteiger partial charge in [0, 0.05) is 35.3 Å². The van der Waals surface area contributed by atoms with Gasteiger partial charge in [-0.2, -0.15) is 13.9 Å². The SMILES string of the molecule is CCC(=O)Nc1c[nH]c2cc(F)c(-c3cnn(C(F)F)c3)cc12. The zero-order valence-electron chi connectivity index (χ0n) is 12.1. The van der Waals surface area contributed by atoms with Crippen molar-refractivity contribution in [1.82, 2.24) is 14.8 Å². The third-order valence-corrected chi connectivity index (χ3v) is 3.48. The highest BCUT2D eigenvalue weighted by Crippen LogP contribution is 2.31. The van der Waals surface area contributed by atoms with Gasteiger partial charge in [0.1, 0.15) is 5.82 Å². The van der Waals surface area contributed by atoms with Crippen molar-refractivity contribution < 1.29 is 18.0 Å². The van der Waals surface area contributed by atoms with Gasteiger partial charge in [-0.05, 0) is 12.1 Å². The average molecular weight is 322 g/mol. The predicted octanol–water partition coefficient (Wildman–Crippen LogP) is 3.91. The number of amides is 1. The number of nitrogens with one attached hydrogen (secondary N) is 2. The third-order valence-electron chi connectivity index (χ3n) is 3.48. The van der Waals surface area contributed by atoms with E-state index in [1.807, 2.05) is 0 Å². The van der Waals surface area contributed by atoms with Crippen molar-refractivity contribution in [2.45, 2.75) is 19.9 Å². The van der Waals surface area contributed by atoms with E-state index in [0.29, 0.717) is 27.7 Å². The van der Waals surface area contributed by atoms with Crippen LogP contribution in [0.25, 0.3) is 22.0 Å². The number of nitrogens with zero attached hydrogens (tertiary/aromatic N) is 2. The van der Waals surface area contributed by atoms with Crippen molar-refractivity contribution in [3.05, 3.63) is 36.5 Å². The monoisotopic (exact) mass is 322 g/mol. The van der Waals surface area contributed by atoms with Crippen LogP contribution in [0.15, 0.2) is 30.7 Å². The summed E-state index contributed by atoms with van der Waals surface area (Å²) in [5, 5.41) is 6.80. The van der Waals surface area contributed by atoms with Crippen molar-refractivity contribution in [2.75, 3.05) is 5.32 Å². The molecule has 0 bridgehead atoms. The Hall–Kier alpha value is -2.77. The molecule has 0 aliphatic heterocycles. The van der Waals surface area contributed by atoms with Crippen molar-refractivity contribution in [2.24, 2.45) is 0 Å². The molecule has 5 nitrogen and oxygen atoms in total. The summed E-state index contributed by atoms with van der Waals surface area (Å²) in [6, 6.07) is 2.76. The molecule has 3 aromatic rings. The average Bonchev–Trinajstić information content (AvgIpc) is 3.14. The number of aromatic amines is 1. The summed E-state index contributed by atoms with van der Waals surface area (Å²) in [6.07, 6.45) is 4.12. The molecule has 0 spiro atoms. The normalized spacial score (nSPS) is 11.3. The largest absolute Gasteiger partial charge is 0.359 e. The fraction of sp³-hybridized carbons (Fsp3) is 0.200. The van der Waals surface area contributed by atoms with E-state index in [9.17, 15) is 18.0 Å². The summed E-state index contributed by atoms with van der Waals surface area (Å²) in [5.41, 5.74) is 1.38. The Bertz CT molecular complexity index is 869. The number of anilines is 1. The zero-order chi connectivity index (χ0) is 16.6. The van der Waals surface area contributed by atoms with Crippen molar-refractivity contribution >= 4 is 22.5 Å². The van der Waals surface area contributed by atoms with Gasteiger partial charge in [-0.25, -0.2) is 9.07 Å². The van der Waals surface area contributed by atoms with E-state index < -0.39 is 12.4 Å². The Morgan fingerprint density at radius 1 is 1.43 bits per heavy atom. The number of aromatic nitrogens is 3. The maximum atomic E-state index is 14.2. The molecule has 8 heteroatoms. The maximum Gasteiger partial charge on any atom is 0.333 e. The lowest BCUT2D eigenvalue weighted by Gasteiger charge is -2.04. The first kappa shape index (κ1) is 15.1. The smallest absolute Gasteiger partial charge is 0.333 e. The van der Waals surface area contributed by atoms with Gasteiger partial charge in [-0.1, -0.05) is 6.92 Å². The lowest BCUT2D eigenvalue weighted by Crippen LogP contribution is -2.08. The third kappa shape index (κ3) is 2.79. The lowest BCUT2D eigenvalue weighted by molar-refractivity contribution is -0.115. The van der Waals surface area contributed by atoms with Crippen LogP contribution in [0.2, 0.25) is 0 Å². The molecule has 120 valence electrons. The first-order valence-corrected chi connectivity index (χ1v) is 6.92. The van der Waals surface area contributed by atoms with Gasteiger partial charge in [0.05, 0.1) is 17.4 Å². The van der Waals surface area contributed by atoms with Crippen molar-refractivity contribution in [3.63, 3.8) is 0 Å². The van der Waals surface area contributed by atoms with Crippen LogP contribution in [-0.2, 0) is 4.79 Å². The Morgan fingerprint density at radius 2 is 2.22 bits per heavy atom. The van der Waals surface area contributed by atoms with Gasteiger partial charge in [0.2, 0.25) is 5.91 Å². The molecule has 0 atom stereocenters. The van der Waals surface area contributed by atoms with Crippen molar-refractivity contribution in [1.29, 1.82) is 0 Å². The molecule has 1 aromatic carbocycles. The second-order valence-electron chi connectivity index (χ2n) is 4.97. The molecular weight excluding hydrogens is 309 g/mol. The molecule has 23 heavy (non-hydrogen) atoms. The first-order valence-electron chi connectivity index (χ1n) is 6.92. The second-order valence-corrected chi connectivity index (χ2v) is 4.97. The number of halogens is 3. The van der Waals surface area contributed by atoms with Gasteiger partial charge >= 0.3 is 6.55 Å². The molecule has 0 radical (unpaired) electrons. The summed E-state index contributed by atoms with van der Waals surface area (Å²) in [5.74, 6) is -0.746. The summed E-state index contributed by atoms with van der Waals surface area (Å²) in [6.45, 7) is -1.07. The number of alkyl halides is 2. The maximum absolute atomic E-state index is 14.2. The van der Waals surface area contributed by atoms with Crippen LogP contribution in [0, 0.1) is 5.82 Å². The number of hydrogen-bond donors (Lipinski definition) is 2. The van der Waals surface area contributed by atoms with Gasteiger partial charge in [0.15, 0.2) is 0 Å². The molecule has 0 unspecified atom stereocenters. The lowest BCUT2D eigenvalue weighted by atomic mass is 10.1. The highest BCUT2D eigenvalue weighted by Gasteiger charge is 2.15. The standard InChI is InChI=1S/C15H13F3N4O/c1-2-14(23)21-13-6-19-12-4-11(16)9(3-10(12)13)8-5-20-22(7-8)15(17)18/h3-7,15,19H,2H2,1H3,(H,21,23). The quantitative estimate of drug-likeness (QED) is 0.765. The molecule has 0 aliphatic carbocycles. The first-order chi connectivity index (χ1) is 11.0. The number of carbonyl (C=O) groups excluding carboxylic acids is 1. The molecule has 0 saturated heterocycles. The Morgan fingerprint density at radius 3 is 2.87 bits per heavy atom. The number of rotatable bonds is 4. The van der Waals surface area contributed by atoms with Gasteiger partial charge < -0.3 is 10.3 Å². The van der Waals surface area contributed by atoms with Gasteiger partial charge in [-0.15, -0.1) is 0 Å². The molecular formula is C15H13F3N4O. The van der Waals surface area contributed by atoms with Crippen LogP contribution in [-0.4, -0.2) is 20.7 Å². The van der Waals surface area contributed by atoms with Crippen LogP contribution in [0.1, 0.15) is 19.9 Å². The van der Waals surface area contributed by atoms with Crippen LogP contribution < -0.4 is 5.32 Å². The van der Waals surface area contributed by atoms with E-state index in [4.69, 9.17) is 0 Å². The Labute approximate surface area is 129 Å². The van der Waals surface area contributed by atoms with Gasteiger partial charge in [-0.3, -0.25) is 4.79 Å². The minimum absolute atomic E-state index is 0.135. The molecule has 2 aromatic heterocycles. The minimum Gasteiger partial charge on any atom is -0.359 e. The summed E-state index contributed by atoms with van der Waals surface area (Å²) in [7, 11) is 0. The molecule has 1 amide bonds. The summed E-state index contributed by atoms with van der Waals surface area (Å²) >= 11 is 0. The molecule has 0 fully saturated rings. The number of fused-ring (bicyclic) bond motifs is 1. The summed E-state index contributed by atoms with van der Waals surface area (Å²) < 4.78 is 39.9. The number of benzene rings is 1. The van der Waals surface area contributed by atoms with E-state index >= 15 is 0 Å². The number of hydrogen-bond acceptors (Lipinski definition) is 2. The van der Waals surface area contributed by atoms with E-state index in [2.05, 4.69) is 15.4 Å². The molecule has 0 aliphatic rings. The zero-order valence-corrected chi connectivity index (χ0v) is 12.1. The van der Waals surface area contributed by atoms with E-state index in [-0.39, 0.29) is 17.0 Å². The summed E-state index contributed by atoms with van der Waals surface area (Å²) in [4.78, 5) is 14.4. The molecule has 2 heterocycles. The minimum atomic E-state index is -2.79. The van der Waals surface area contributed by atoms with E-state index in [0.717, 1.165) is 6.20 Å². The van der Waals surface area contributed by atoms with Crippen LogP contribution >= 0.6 is 0 Å². The second kappa shape index (κ2) is 5.79. The van der Waals surface area contributed by atoms with E-state index in [1.165, 1.54) is 18.3 Å². The number of H-pyrrole nitrogens is 1. The van der Waals surface area contributed by atoms with Crippen LogP contribution in [0.5, 0.6) is 0 Å². The molecule has 0 saturated carbocycles. The Balaban J connectivity index is 2.07. The Kier molecular flexibility index (Phi) is 3.81. The van der Waals surface area contributed by atoms with Gasteiger partial charge in [0.25, 0.3) is 0 Å². The highest BCUT2D eigenvalue weighted by molar-refractivity contribution is 6.02. The molecule has 2 N–H and O–H groups in total. The number of carbonyl (C=O) groups is 1. The van der Waals surface area contributed by atoms with Crippen LogP contribution in [0.3, 0.4) is 0 Å². The van der Waals surface area contributed by atoms with Crippen molar-refractivity contribution in [3.8, 4) is 11.1 Å². The fourth-order valence-corrected chi connectivity index (χ4v) is 2.29.